The molecule has 1 fully saturated rings. The molecule has 7 heteroatoms. The highest BCUT2D eigenvalue weighted by molar-refractivity contribution is 6.30. The van der Waals surface area contributed by atoms with E-state index in [-0.39, 0.29) is 11.6 Å². The number of piperazine rings is 1. The average Bonchev–Trinajstić information content (AvgIpc) is 3.21. The third kappa shape index (κ3) is 5.44. The normalized spacial score (nSPS) is 15.3. The van der Waals surface area contributed by atoms with Gasteiger partial charge in [0.15, 0.2) is 5.69 Å². The van der Waals surface area contributed by atoms with Crippen molar-refractivity contribution in [3.63, 3.8) is 0 Å². The summed E-state index contributed by atoms with van der Waals surface area (Å²) in [6.45, 7) is 5.47. The minimum absolute atomic E-state index is 0.276. The van der Waals surface area contributed by atoms with Crippen LogP contribution in [0.4, 0.5) is 5.69 Å². The van der Waals surface area contributed by atoms with Crippen LogP contribution in [0.2, 0.25) is 5.02 Å². The number of aromatic nitrogens is 1. The third-order valence-electron chi connectivity index (χ3n) is 4.96. The van der Waals surface area contributed by atoms with Gasteiger partial charge in [0.1, 0.15) is 6.26 Å². The zero-order valence-electron chi connectivity index (χ0n) is 16.1. The smallest absolute Gasteiger partial charge is 0.277 e. The Hall–Kier alpha value is -2.67. The molecule has 0 bridgehead atoms. The van der Waals surface area contributed by atoms with Crippen LogP contribution in [0.15, 0.2) is 65.3 Å². The molecule has 2 heterocycles. The SMILES string of the molecule is O=C(Nc1ccc(Cl)cc1)c1coc(CN2CCN(Cc3ccccc3)CC2)n1. The Bertz CT molecular complexity index is 935. The summed E-state index contributed by atoms with van der Waals surface area (Å²) in [5, 5.41) is 3.41. The number of amides is 1. The Balaban J connectivity index is 1.26. The highest BCUT2D eigenvalue weighted by Gasteiger charge is 2.20. The molecule has 6 nitrogen and oxygen atoms in total. The lowest BCUT2D eigenvalue weighted by atomic mass is 10.2. The fraction of sp³-hybridized carbons (Fsp3) is 0.273. The summed E-state index contributed by atoms with van der Waals surface area (Å²) >= 11 is 5.86. The van der Waals surface area contributed by atoms with Crippen LogP contribution in [-0.2, 0) is 13.1 Å². The molecule has 0 atom stereocenters. The number of oxazole rings is 1. The average molecular weight is 411 g/mol. The highest BCUT2D eigenvalue weighted by atomic mass is 35.5. The van der Waals surface area contributed by atoms with Gasteiger partial charge in [0, 0.05) is 43.4 Å². The summed E-state index contributed by atoms with van der Waals surface area (Å²) in [6.07, 6.45) is 1.41. The Kier molecular flexibility index (Phi) is 6.24. The second-order valence-corrected chi connectivity index (χ2v) is 7.56. The number of carbonyl (C=O) groups is 1. The van der Waals surface area contributed by atoms with Gasteiger partial charge in [-0.15, -0.1) is 0 Å². The monoisotopic (exact) mass is 410 g/mol. The number of benzene rings is 2. The van der Waals surface area contributed by atoms with Crippen LogP contribution in [0.5, 0.6) is 0 Å². The first-order valence-electron chi connectivity index (χ1n) is 9.66. The summed E-state index contributed by atoms with van der Waals surface area (Å²) < 4.78 is 5.52. The van der Waals surface area contributed by atoms with Gasteiger partial charge < -0.3 is 9.73 Å². The van der Waals surface area contributed by atoms with Crippen LogP contribution in [0, 0.1) is 0 Å². The van der Waals surface area contributed by atoms with Gasteiger partial charge in [0.05, 0.1) is 6.54 Å². The molecule has 1 aromatic heterocycles. The number of carbonyl (C=O) groups excluding carboxylic acids is 1. The van der Waals surface area contributed by atoms with Gasteiger partial charge in [-0.2, -0.15) is 0 Å². The van der Waals surface area contributed by atoms with Crippen molar-refractivity contribution in [1.29, 1.82) is 0 Å². The molecule has 29 heavy (non-hydrogen) atoms. The van der Waals surface area contributed by atoms with Crippen LogP contribution < -0.4 is 5.32 Å². The molecule has 1 aliphatic heterocycles. The number of anilines is 1. The van der Waals surface area contributed by atoms with Crippen molar-refractivity contribution in [2.24, 2.45) is 0 Å². The second-order valence-electron chi connectivity index (χ2n) is 7.13. The number of halogens is 1. The summed E-state index contributed by atoms with van der Waals surface area (Å²) in [5.41, 5.74) is 2.28. The molecule has 4 rings (SSSR count). The van der Waals surface area contributed by atoms with E-state index in [0.29, 0.717) is 23.1 Å². The first-order chi connectivity index (χ1) is 14.2. The second kappa shape index (κ2) is 9.22. The van der Waals surface area contributed by atoms with Crippen molar-refractivity contribution in [2.45, 2.75) is 13.1 Å². The number of nitrogens with one attached hydrogen (secondary N) is 1. The van der Waals surface area contributed by atoms with Crippen molar-refractivity contribution < 1.29 is 9.21 Å². The molecular weight excluding hydrogens is 388 g/mol. The number of hydrogen-bond acceptors (Lipinski definition) is 5. The van der Waals surface area contributed by atoms with Crippen LogP contribution in [0.1, 0.15) is 21.9 Å². The lowest BCUT2D eigenvalue weighted by molar-refractivity contribution is 0.102. The van der Waals surface area contributed by atoms with Gasteiger partial charge in [-0.3, -0.25) is 14.6 Å². The van der Waals surface area contributed by atoms with E-state index in [2.05, 4.69) is 44.4 Å². The quantitative estimate of drug-likeness (QED) is 0.667. The molecule has 2 aromatic carbocycles. The summed E-state index contributed by atoms with van der Waals surface area (Å²) in [7, 11) is 0. The number of hydrogen-bond donors (Lipinski definition) is 1. The van der Waals surface area contributed by atoms with Gasteiger partial charge in [-0.25, -0.2) is 4.98 Å². The molecule has 1 N–H and O–H groups in total. The minimum Gasteiger partial charge on any atom is -0.447 e. The molecule has 150 valence electrons. The molecule has 1 aliphatic rings. The van der Waals surface area contributed by atoms with Gasteiger partial charge in [-0.05, 0) is 29.8 Å². The largest absolute Gasteiger partial charge is 0.447 e. The van der Waals surface area contributed by atoms with E-state index < -0.39 is 0 Å². The van der Waals surface area contributed by atoms with E-state index in [9.17, 15) is 4.79 Å². The Morgan fingerprint density at radius 3 is 2.31 bits per heavy atom. The number of rotatable bonds is 6. The van der Waals surface area contributed by atoms with Crippen LogP contribution in [0.25, 0.3) is 0 Å². The zero-order chi connectivity index (χ0) is 20.1. The van der Waals surface area contributed by atoms with Gasteiger partial charge in [0.25, 0.3) is 5.91 Å². The Morgan fingerprint density at radius 2 is 1.62 bits per heavy atom. The van der Waals surface area contributed by atoms with Gasteiger partial charge >= 0.3 is 0 Å². The highest BCUT2D eigenvalue weighted by Crippen LogP contribution is 2.15. The Morgan fingerprint density at radius 1 is 0.966 bits per heavy atom. The first-order valence-corrected chi connectivity index (χ1v) is 10.0. The third-order valence-corrected chi connectivity index (χ3v) is 5.21. The van der Waals surface area contributed by atoms with E-state index in [1.807, 2.05) is 6.07 Å². The molecule has 3 aromatic rings. The molecule has 0 unspecified atom stereocenters. The molecule has 0 radical (unpaired) electrons. The zero-order valence-corrected chi connectivity index (χ0v) is 16.8. The molecular formula is C22H23ClN4O2. The topological polar surface area (TPSA) is 61.6 Å². The van der Waals surface area contributed by atoms with Crippen LogP contribution >= 0.6 is 11.6 Å². The van der Waals surface area contributed by atoms with E-state index in [1.165, 1.54) is 11.8 Å². The minimum atomic E-state index is -0.296. The van der Waals surface area contributed by atoms with E-state index in [4.69, 9.17) is 16.0 Å². The first kappa shape index (κ1) is 19.6. The molecule has 1 amide bonds. The van der Waals surface area contributed by atoms with E-state index in [0.717, 1.165) is 32.7 Å². The number of nitrogens with zero attached hydrogens (tertiary/aromatic N) is 3. The van der Waals surface area contributed by atoms with Crippen molar-refractivity contribution >= 4 is 23.2 Å². The standard InChI is InChI=1S/C22H23ClN4O2/c23-18-6-8-19(9-7-18)24-22(28)20-16-29-21(25-20)15-27-12-10-26(11-13-27)14-17-4-2-1-3-5-17/h1-9,16H,10-15H2,(H,24,28). The van der Waals surface area contributed by atoms with Crippen molar-refractivity contribution in [1.82, 2.24) is 14.8 Å². The van der Waals surface area contributed by atoms with Crippen molar-refractivity contribution in [3.8, 4) is 0 Å². The predicted molar refractivity (Wildman–Crippen MR) is 113 cm³/mol. The lowest BCUT2D eigenvalue weighted by Crippen LogP contribution is -2.45. The summed E-state index contributed by atoms with van der Waals surface area (Å²) in [6, 6.07) is 17.5. The van der Waals surface area contributed by atoms with Crippen molar-refractivity contribution in [2.75, 3.05) is 31.5 Å². The van der Waals surface area contributed by atoms with Crippen LogP contribution in [0.3, 0.4) is 0 Å². The maximum absolute atomic E-state index is 12.3. The molecule has 0 aliphatic carbocycles. The van der Waals surface area contributed by atoms with E-state index in [1.54, 1.807) is 24.3 Å². The Labute approximate surface area is 175 Å². The molecule has 0 saturated carbocycles. The summed E-state index contributed by atoms with van der Waals surface area (Å²) in [4.78, 5) is 21.4. The fourth-order valence-corrected chi connectivity index (χ4v) is 3.48. The fourth-order valence-electron chi connectivity index (χ4n) is 3.35. The van der Waals surface area contributed by atoms with Crippen molar-refractivity contribution in [3.05, 3.63) is 83.0 Å². The molecule has 1 saturated heterocycles. The van der Waals surface area contributed by atoms with Gasteiger partial charge in [0.2, 0.25) is 5.89 Å². The van der Waals surface area contributed by atoms with E-state index >= 15 is 0 Å². The lowest BCUT2D eigenvalue weighted by Gasteiger charge is -2.34. The van der Waals surface area contributed by atoms with Gasteiger partial charge in [-0.1, -0.05) is 41.9 Å². The molecule has 0 spiro atoms. The summed E-state index contributed by atoms with van der Waals surface area (Å²) in [5.74, 6) is 0.262. The predicted octanol–water partition coefficient (Wildman–Crippen LogP) is 3.90. The van der Waals surface area contributed by atoms with Crippen LogP contribution in [-0.4, -0.2) is 46.9 Å². The maximum atomic E-state index is 12.3. The maximum Gasteiger partial charge on any atom is 0.277 e.